The first-order valence-corrected chi connectivity index (χ1v) is 25.2. The highest BCUT2D eigenvalue weighted by Crippen LogP contribution is 2.50. The molecule has 0 saturated heterocycles. The van der Waals surface area contributed by atoms with Crippen LogP contribution in [0.3, 0.4) is 0 Å². The van der Waals surface area contributed by atoms with E-state index in [1.165, 1.54) is 9.13 Å². The molecule has 4 heterocycles. The van der Waals surface area contributed by atoms with Gasteiger partial charge in [0, 0.05) is 69.5 Å². The summed E-state index contributed by atoms with van der Waals surface area (Å²) < 4.78 is 170. The number of nitrogens with zero attached hydrogens (tertiary/aromatic N) is 4. The molecule has 76 heavy (non-hydrogen) atoms. The maximum atomic E-state index is 10.3. The highest BCUT2D eigenvalue weighted by molar-refractivity contribution is 7.00. The summed E-state index contributed by atoms with van der Waals surface area (Å²) in [5, 5.41) is -0.377. The zero-order valence-electron chi connectivity index (χ0n) is 59.4. The Bertz CT molecular complexity index is 5030. The molecule has 0 saturated carbocycles. The Hall–Kier alpha value is -9.32. The highest BCUT2D eigenvalue weighted by Gasteiger charge is 2.45. The quantitative estimate of drug-likeness (QED) is 0.148. The molecule has 0 spiro atoms. The molecule has 5 heteroatoms. The van der Waals surface area contributed by atoms with Crippen LogP contribution in [0.4, 0.5) is 34.1 Å². The maximum Gasteiger partial charge on any atom is 0.252 e. The molecule has 2 aromatic heterocycles. The average molecular weight is 991 g/mol. The summed E-state index contributed by atoms with van der Waals surface area (Å²) in [6.45, 7) is 4.73. The van der Waals surface area contributed by atoms with Gasteiger partial charge in [-0.05, 0) is 118 Å². The largest absolute Gasteiger partial charge is 0.311 e. The van der Waals surface area contributed by atoms with Crippen molar-refractivity contribution in [2.75, 3.05) is 9.80 Å². The van der Waals surface area contributed by atoms with E-state index in [-0.39, 0.29) is 55.0 Å². The fourth-order valence-electron chi connectivity index (χ4n) is 11.7. The zero-order valence-corrected chi connectivity index (χ0v) is 41.4. The van der Waals surface area contributed by atoms with Crippen molar-refractivity contribution in [3.63, 3.8) is 0 Å². The number of rotatable bonds is 7. The van der Waals surface area contributed by atoms with E-state index < -0.39 is 115 Å². The molecule has 2 aliphatic heterocycles. The second-order valence-electron chi connectivity index (χ2n) is 20.2. The molecule has 4 nitrogen and oxygen atoms in total. The van der Waals surface area contributed by atoms with Crippen LogP contribution in [0.1, 0.15) is 51.0 Å². The molecule has 13 aromatic rings. The van der Waals surface area contributed by atoms with Crippen LogP contribution in [-0.4, -0.2) is 15.8 Å². The van der Waals surface area contributed by atoms with Gasteiger partial charge in [0.2, 0.25) is 0 Å². The van der Waals surface area contributed by atoms with E-state index in [0.29, 0.717) is 50.6 Å². The van der Waals surface area contributed by atoms with Gasteiger partial charge in [-0.2, -0.15) is 0 Å². The lowest BCUT2D eigenvalue weighted by Crippen LogP contribution is -2.61. The topological polar surface area (TPSA) is 16.3 Å². The summed E-state index contributed by atoms with van der Waals surface area (Å²) in [6, 6.07) is 41.6. The van der Waals surface area contributed by atoms with Crippen molar-refractivity contribution in [3.05, 3.63) is 260 Å². The predicted octanol–water partition coefficient (Wildman–Crippen LogP) is 16.9. The van der Waals surface area contributed by atoms with Gasteiger partial charge in [-0.3, -0.25) is 0 Å². The van der Waals surface area contributed by atoms with Gasteiger partial charge >= 0.3 is 0 Å². The first-order valence-electron chi connectivity index (χ1n) is 34.2. The molecule has 0 fully saturated rings. The minimum Gasteiger partial charge on any atom is -0.311 e. The molecule has 0 bridgehead atoms. The lowest BCUT2D eigenvalue weighted by Gasteiger charge is -2.45. The first kappa shape index (κ1) is 29.5. The number of benzene rings is 11. The monoisotopic (exact) mass is 991 g/mol. The van der Waals surface area contributed by atoms with Crippen molar-refractivity contribution < 1.29 is 24.7 Å². The van der Waals surface area contributed by atoms with Crippen LogP contribution in [0.5, 0.6) is 0 Å². The van der Waals surface area contributed by atoms with Crippen molar-refractivity contribution in [2.45, 2.75) is 27.1 Å². The minimum atomic E-state index is -2.09. The third kappa shape index (κ3) is 6.85. The van der Waals surface area contributed by atoms with Crippen molar-refractivity contribution in [1.29, 1.82) is 0 Å². The standard InChI is InChI=1S/C71H53BN4/c1-71(2,3)46-47-42-68-70-69(43-47)76(61-33-17-11-27-53(61)49-24-8-5-9-25-49)67-45-51(74-64-36-20-14-30-56(64)57-31-15-21-37-65(57)74)39-41-59(67)72(70)58-40-38-50(73-62-34-18-12-28-54(62)55-29-13-19-35-63(55)73)44-66(58)75(68)60-32-16-10-26-52(60)48-22-6-4-7-23-48/h4-45H,46H2,1-3H3/i12D,13D,14D,15D,18D,19D,20D,21D,28D,29D,30D,31D,34D,35D,36D,37D,46D2. The molecule has 0 radical (unpaired) electrons. The Morgan fingerprint density at radius 2 is 0.763 bits per heavy atom. The Morgan fingerprint density at radius 1 is 0.395 bits per heavy atom. The molecule has 0 amide bonds. The number of aromatic nitrogens is 2. The van der Waals surface area contributed by atoms with Crippen LogP contribution in [0.25, 0.3) is 77.2 Å². The summed E-state index contributed by atoms with van der Waals surface area (Å²) in [5.41, 5.74) is 8.28. The molecule has 0 atom stereocenters. The van der Waals surface area contributed by atoms with Gasteiger partial charge in [0.25, 0.3) is 6.71 Å². The lowest BCUT2D eigenvalue weighted by molar-refractivity contribution is 0.411. The Morgan fingerprint density at radius 3 is 1.16 bits per heavy atom. The van der Waals surface area contributed by atoms with E-state index in [1.54, 1.807) is 12.1 Å². The van der Waals surface area contributed by atoms with Gasteiger partial charge in [-0.15, -0.1) is 0 Å². The fourth-order valence-corrected chi connectivity index (χ4v) is 11.7. The molecule has 15 rings (SSSR count). The summed E-state index contributed by atoms with van der Waals surface area (Å²) in [7, 11) is 0. The third-order valence-electron chi connectivity index (χ3n) is 14.6. The van der Waals surface area contributed by atoms with Gasteiger partial charge < -0.3 is 18.9 Å². The van der Waals surface area contributed by atoms with Gasteiger partial charge in [0.15, 0.2) is 0 Å². The van der Waals surface area contributed by atoms with E-state index in [9.17, 15) is 13.7 Å². The first-order chi connectivity index (χ1) is 44.8. The molecular weight excluding hydrogens is 920 g/mol. The van der Waals surface area contributed by atoms with Gasteiger partial charge in [-0.1, -0.05) is 202 Å². The summed E-state index contributed by atoms with van der Waals surface area (Å²) >= 11 is 0. The molecule has 0 unspecified atom stereocenters. The van der Waals surface area contributed by atoms with Crippen LogP contribution in [0.2, 0.25) is 0 Å². The normalized spacial score (nSPS) is 16.4. The van der Waals surface area contributed by atoms with Crippen LogP contribution >= 0.6 is 0 Å². The molecule has 0 N–H and O–H groups in total. The van der Waals surface area contributed by atoms with Crippen LogP contribution in [0, 0.1) is 5.41 Å². The van der Waals surface area contributed by atoms with E-state index in [2.05, 4.69) is 9.80 Å². The Balaban J connectivity index is 1.13. The SMILES string of the molecule is [2H]c1c([2H])c([2H])c2c(c1[2H])c1c([2H])c([2H])c([2H])c([2H])c1n2-c1ccc2c(c1)N(c1ccccc1-c1ccccc1)c1cc(C([2H])([2H])C(C)(C)C)cc3c1B2c1ccc(-n2c4c([2H])c([2H])c([2H])c([2H])c4c4c([2H])c([2H])c([2H])c([2H])c42)cc1N3c1ccccc1-c1ccccc1. The van der Waals surface area contributed by atoms with E-state index in [1.807, 2.05) is 166 Å². The van der Waals surface area contributed by atoms with Gasteiger partial charge in [0.1, 0.15) is 0 Å². The van der Waals surface area contributed by atoms with Crippen molar-refractivity contribution in [1.82, 2.24) is 9.13 Å². The zero-order chi connectivity index (χ0) is 66.4. The maximum absolute atomic E-state index is 10.3. The lowest BCUT2D eigenvalue weighted by atomic mass is 9.33. The number of fused-ring (bicyclic) bond motifs is 10. The third-order valence-corrected chi connectivity index (χ3v) is 14.6. The van der Waals surface area contributed by atoms with Crippen molar-refractivity contribution in [2.24, 2.45) is 5.41 Å². The number of anilines is 6. The number of hydrogen-bond donors (Lipinski definition) is 0. The molecular formula is C71H53BN4. The second kappa shape index (κ2) is 17.1. The minimum absolute atomic E-state index is 0.0774. The van der Waals surface area contributed by atoms with Crippen molar-refractivity contribution >= 4 is 101 Å². The number of para-hydroxylation sites is 6. The summed E-state index contributed by atoms with van der Waals surface area (Å²) in [5.74, 6) is 0. The van der Waals surface area contributed by atoms with Gasteiger partial charge in [-0.25, -0.2) is 0 Å². The van der Waals surface area contributed by atoms with Crippen LogP contribution < -0.4 is 26.2 Å². The van der Waals surface area contributed by atoms with Crippen molar-refractivity contribution in [3.8, 4) is 33.6 Å². The summed E-state index contributed by atoms with van der Waals surface area (Å²) in [4.78, 5) is 4.16. The van der Waals surface area contributed by atoms with Gasteiger partial charge in [0.05, 0.1) is 55.4 Å². The van der Waals surface area contributed by atoms with Crippen LogP contribution in [0.15, 0.2) is 254 Å². The van der Waals surface area contributed by atoms with Crippen LogP contribution in [-0.2, 0) is 6.37 Å². The van der Waals surface area contributed by atoms with E-state index in [4.69, 9.17) is 11.0 Å². The predicted molar refractivity (Wildman–Crippen MR) is 323 cm³/mol. The number of hydrogen-bond acceptors (Lipinski definition) is 2. The Kier molecular flexibility index (Phi) is 6.66. The Labute approximate surface area is 469 Å². The second-order valence-corrected chi connectivity index (χ2v) is 20.2. The summed E-state index contributed by atoms with van der Waals surface area (Å²) in [6.07, 6.45) is -2.09. The molecule has 0 aliphatic carbocycles. The highest BCUT2D eigenvalue weighted by atomic mass is 15.2. The molecule has 360 valence electrons. The molecule has 2 aliphatic rings. The molecule has 11 aromatic carbocycles. The smallest absolute Gasteiger partial charge is 0.252 e. The average Bonchev–Trinajstić information content (AvgIpc) is 1.28. The van der Waals surface area contributed by atoms with E-state index in [0.717, 1.165) is 27.7 Å². The fraction of sp³-hybridized carbons (Fsp3) is 0.0704. The van der Waals surface area contributed by atoms with E-state index >= 15 is 0 Å².